The average Bonchev–Trinajstić information content (AvgIpc) is 2.46. The third-order valence-electron chi connectivity index (χ3n) is 2.86. The van der Waals surface area contributed by atoms with E-state index < -0.39 is 10.9 Å². The SMILES string of the molecule is O=C([O-])c1ccc(NCc2ccccc2Cl)c([N+](=O)[O-])c1. The Morgan fingerprint density at radius 1 is 1.24 bits per heavy atom. The molecular formula is C14H10ClN2O4-. The highest BCUT2D eigenvalue weighted by Gasteiger charge is 2.15. The van der Waals surface area contributed by atoms with Gasteiger partial charge in [-0.25, -0.2) is 0 Å². The second-order valence-electron chi connectivity index (χ2n) is 4.22. The summed E-state index contributed by atoms with van der Waals surface area (Å²) in [7, 11) is 0. The third kappa shape index (κ3) is 3.49. The first kappa shape index (κ1) is 14.8. The minimum atomic E-state index is -1.46. The second-order valence-corrected chi connectivity index (χ2v) is 4.63. The molecule has 0 amide bonds. The molecule has 6 nitrogen and oxygen atoms in total. The van der Waals surface area contributed by atoms with Gasteiger partial charge in [-0.15, -0.1) is 0 Å². The highest BCUT2D eigenvalue weighted by molar-refractivity contribution is 6.31. The van der Waals surface area contributed by atoms with Crippen molar-refractivity contribution in [1.29, 1.82) is 0 Å². The highest BCUT2D eigenvalue weighted by Crippen LogP contribution is 2.26. The number of aromatic carboxylic acids is 1. The van der Waals surface area contributed by atoms with Crippen LogP contribution in [0, 0.1) is 10.1 Å². The Kier molecular flexibility index (Phi) is 4.39. The Balaban J connectivity index is 2.26. The lowest BCUT2D eigenvalue weighted by atomic mass is 10.1. The molecule has 0 fully saturated rings. The van der Waals surface area contributed by atoms with E-state index in [2.05, 4.69) is 5.32 Å². The van der Waals surface area contributed by atoms with Crippen LogP contribution in [0.25, 0.3) is 0 Å². The standard InChI is InChI=1S/C14H11ClN2O4/c15-11-4-2-1-3-10(11)8-16-12-6-5-9(14(18)19)7-13(12)17(20)21/h1-7,16H,8H2,(H,18,19)/p-1. The molecule has 0 saturated heterocycles. The van der Waals surface area contributed by atoms with Crippen molar-refractivity contribution in [3.05, 3.63) is 68.7 Å². The fraction of sp³-hybridized carbons (Fsp3) is 0.0714. The van der Waals surface area contributed by atoms with Gasteiger partial charge in [0.05, 0.1) is 10.9 Å². The highest BCUT2D eigenvalue weighted by atomic mass is 35.5. The van der Waals surface area contributed by atoms with Crippen LogP contribution in [0.4, 0.5) is 11.4 Å². The first-order valence-corrected chi connectivity index (χ1v) is 6.34. The van der Waals surface area contributed by atoms with Gasteiger partial charge in [-0.2, -0.15) is 0 Å². The van der Waals surface area contributed by atoms with Gasteiger partial charge < -0.3 is 15.2 Å². The quantitative estimate of drug-likeness (QED) is 0.675. The molecule has 7 heteroatoms. The maximum atomic E-state index is 11.0. The van der Waals surface area contributed by atoms with Gasteiger partial charge >= 0.3 is 0 Å². The number of nitrogens with one attached hydrogen (secondary N) is 1. The summed E-state index contributed by atoms with van der Waals surface area (Å²) < 4.78 is 0. The lowest BCUT2D eigenvalue weighted by Gasteiger charge is -2.10. The van der Waals surface area contributed by atoms with Crippen LogP contribution in [-0.4, -0.2) is 10.9 Å². The van der Waals surface area contributed by atoms with Crippen LogP contribution in [0.2, 0.25) is 5.02 Å². The number of carbonyl (C=O) groups excluding carboxylic acids is 1. The fourth-order valence-electron chi connectivity index (χ4n) is 1.79. The van der Waals surface area contributed by atoms with Crippen LogP contribution in [0.3, 0.4) is 0 Å². The number of benzene rings is 2. The molecule has 0 saturated carbocycles. The molecule has 0 aliphatic rings. The number of anilines is 1. The summed E-state index contributed by atoms with van der Waals surface area (Å²) in [6.45, 7) is 0.283. The number of nitro benzene ring substituents is 1. The van der Waals surface area contributed by atoms with E-state index in [1.165, 1.54) is 12.1 Å². The Hall–Kier alpha value is -2.60. The van der Waals surface area contributed by atoms with E-state index in [1.54, 1.807) is 24.3 Å². The molecule has 0 aromatic heterocycles. The number of carbonyl (C=O) groups is 1. The summed E-state index contributed by atoms with van der Waals surface area (Å²) in [6.07, 6.45) is 0. The van der Waals surface area contributed by atoms with Gasteiger partial charge in [0.25, 0.3) is 5.69 Å². The molecule has 0 atom stereocenters. The Morgan fingerprint density at radius 2 is 1.95 bits per heavy atom. The summed E-state index contributed by atoms with van der Waals surface area (Å²) in [5.41, 5.74) is 0.413. The van der Waals surface area contributed by atoms with Gasteiger partial charge in [0, 0.05) is 23.2 Å². The van der Waals surface area contributed by atoms with E-state index in [0.29, 0.717) is 5.02 Å². The number of halogens is 1. The molecule has 0 unspecified atom stereocenters. The van der Waals surface area contributed by atoms with Gasteiger partial charge in [0.1, 0.15) is 5.69 Å². The van der Waals surface area contributed by atoms with Crippen molar-refractivity contribution in [2.45, 2.75) is 6.54 Å². The summed E-state index contributed by atoms with van der Waals surface area (Å²) in [6, 6.07) is 10.6. The molecule has 0 heterocycles. The number of hydrogen-bond acceptors (Lipinski definition) is 5. The van der Waals surface area contributed by atoms with Crippen molar-refractivity contribution in [2.24, 2.45) is 0 Å². The van der Waals surface area contributed by atoms with Gasteiger partial charge in [-0.3, -0.25) is 10.1 Å². The fourth-order valence-corrected chi connectivity index (χ4v) is 1.99. The van der Waals surface area contributed by atoms with E-state index in [9.17, 15) is 20.0 Å². The molecule has 0 spiro atoms. The molecule has 108 valence electrons. The molecule has 0 radical (unpaired) electrons. The number of carboxylic acid groups (broad SMARTS) is 1. The summed E-state index contributed by atoms with van der Waals surface area (Å²) in [5.74, 6) is -1.46. The monoisotopic (exact) mass is 305 g/mol. The van der Waals surface area contributed by atoms with Crippen LogP contribution in [0.5, 0.6) is 0 Å². The number of carboxylic acids is 1. The number of rotatable bonds is 5. The lowest BCUT2D eigenvalue weighted by molar-refractivity contribution is -0.384. The van der Waals surface area contributed by atoms with E-state index in [1.807, 2.05) is 0 Å². The number of nitrogens with zero attached hydrogens (tertiary/aromatic N) is 1. The largest absolute Gasteiger partial charge is 0.545 e. The molecule has 2 rings (SSSR count). The molecule has 0 bridgehead atoms. The maximum absolute atomic E-state index is 11.0. The summed E-state index contributed by atoms with van der Waals surface area (Å²) in [4.78, 5) is 21.1. The van der Waals surface area contributed by atoms with Crippen molar-refractivity contribution < 1.29 is 14.8 Å². The lowest BCUT2D eigenvalue weighted by Crippen LogP contribution is -2.22. The van der Waals surface area contributed by atoms with Gasteiger partial charge in [-0.05, 0) is 17.7 Å². The third-order valence-corrected chi connectivity index (χ3v) is 3.23. The minimum absolute atomic E-state index is 0.213. The van der Waals surface area contributed by atoms with Crippen LogP contribution in [0.1, 0.15) is 15.9 Å². The van der Waals surface area contributed by atoms with Crippen molar-refractivity contribution in [2.75, 3.05) is 5.32 Å². The Labute approximate surface area is 125 Å². The van der Waals surface area contributed by atoms with Gasteiger partial charge in [0.15, 0.2) is 0 Å². The smallest absolute Gasteiger partial charge is 0.292 e. The predicted octanol–water partition coefficient (Wildman–Crippen LogP) is 2.22. The average molecular weight is 306 g/mol. The normalized spacial score (nSPS) is 10.1. The van der Waals surface area contributed by atoms with Crippen LogP contribution in [-0.2, 0) is 6.54 Å². The second kappa shape index (κ2) is 6.23. The number of hydrogen-bond donors (Lipinski definition) is 1. The molecule has 2 aromatic carbocycles. The van der Waals surface area contributed by atoms with Crippen molar-refractivity contribution >= 4 is 28.9 Å². The maximum Gasteiger partial charge on any atom is 0.292 e. The molecule has 1 N–H and O–H groups in total. The Bertz CT molecular complexity index is 703. The van der Waals surface area contributed by atoms with E-state index in [4.69, 9.17) is 11.6 Å². The van der Waals surface area contributed by atoms with Crippen LogP contribution >= 0.6 is 11.6 Å². The minimum Gasteiger partial charge on any atom is -0.545 e. The van der Waals surface area contributed by atoms with E-state index >= 15 is 0 Å². The van der Waals surface area contributed by atoms with Crippen molar-refractivity contribution in [1.82, 2.24) is 0 Å². The van der Waals surface area contributed by atoms with Gasteiger partial charge in [-0.1, -0.05) is 35.9 Å². The summed E-state index contributed by atoms with van der Waals surface area (Å²) in [5, 5.41) is 25.2. The van der Waals surface area contributed by atoms with Crippen molar-refractivity contribution in [3.8, 4) is 0 Å². The van der Waals surface area contributed by atoms with Crippen molar-refractivity contribution in [3.63, 3.8) is 0 Å². The summed E-state index contributed by atoms with van der Waals surface area (Å²) >= 11 is 6.00. The zero-order valence-electron chi connectivity index (χ0n) is 10.7. The molecule has 21 heavy (non-hydrogen) atoms. The zero-order valence-corrected chi connectivity index (χ0v) is 11.5. The van der Waals surface area contributed by atoms with Crippen LogP contribution < -0.4 is 10.4 Å². The Morgan fingerprint density at radius 3 is 2.57 bits per heavy atom. The van der Waals surface area contributed by atoms with E-state index in [0.717, 1.165) is 11.6 Å². The van der Waals surface area contributed by atoms with Crippen LogP contribution in [0.15, 0.2) is 42.5 Å². The zero-order chi connectivity index (χ0) is 15.4. The van der Waals surface area contributed by atoms with Gasteiger partial charge in [0.2, 0.25) is 0 Å². The molecule has 0 aliphatic carbocycles. The molecular weight excluding hydrogens is 296 g/mol. The number of nitro groups is 1. The molecule has 2 aromatic rings. The first-order valence-electron chi connectivity index (χ1n) is 5.96. The predicted molar refractivity (Wildman–Crippen MR) is 76.2 cm³/mol. The first-order chi connectivity index (χ1) is 9.99. The molecule has 0 aliphatic heterocycles. The topological polar surface area (TPSA) is 95.3 Å². The van der Waals surface area contributed by atoms with E-state index in [-0.39, 0.29) is 23.5 Å².